The number of carbonyl (C=O) groups is 1. The Morgan fingerprint density at radius 3 is 2.53 bits per heavy atom. The fourth-order valence-electron chi connectivity index (χ4n) is 3.57. The van der Waals surface area contributed by atoms with Crippen molar-refractivity contribution in [3.05, 3.63) is 35.9 Å². The molecule has 0 bridgehead atoms. The molecule has 1 aromatic carbocycles. The predicted molar refractivity (Wildman–Crippen MR) is 80.0 cm³/mol. The summed E-state index contributed by atoms with van der Waals surface area (Å²) in [6, 6.07) is 10.3. The first-order chi connectivity index (χ1) is 9.31. The summed E-state index contributed by atoms with van der Waals surface area (Å²) in [6.45, 7) is 1.56. The second kappa shape index (κ2) is 5.66. The molecule has 0 heterocycles. The number of amides is 1. The van der Waals surface area contributed by atoms with Crippen molar-refractivity contribution >= 4 is 21.8 Å². The van der Waals surface area contributed by atoms with Crippen LogP contribution in [0.4, 0.5) is 0 Å². The average Bonchev–Trinajstić information content (AvgIpc) is 2.91. The maximum Gasteiger partial charge on any atom is 0.226 e. The highest BCUT2D eigenvalue weighted by atomic mass is 79.9. The van der Waals surface area contributed by atoms with Crippen molar-refractivity contribution in [1.29, 1.82) is 0 Å². The third-order valence-electron chi connectivity index (χ3n) is 4.57. The molecule has 2 aliphatic carbocycles. The number of halogens is 1. The molecule has 19 heavy (non-hydrogen) atoms. The highest BCUT2D eigenvalue weighted by molar-refractivity contribution is 9.09. The van der Waals surface area contributed by atoms with Crippen LogP contribution >= 0.6 is 15.9 Å². The Morgan fingerprint density at radius 1 is 1.21 bits per heavy atom. The Hall–Kier alpha value is -0.830. The summed E-state index contributed by atoms with van der Waals surface area (Å²) in [5.74, 6) is 2.15. The Labute approximate surface area is 123 Å². The highest BCUT2D eigenvalue weighted by Gasteiger charge is 2.57. The predicted octanol–water partition coefficient (Wildman–Crippen LogP) is 3.46. The molecule has 2 unspecified atom stereocenters. The van der Waals surface area contributed by atoms with E-state index in [0.717, 1.165) is 18.4 Å². The zero-order valence-electron chi connectivity index (χ0n) is 11.1. The van der Waals surface area contributed by atoms with E-state index in [2.05, 4.69) is 28.1 Å². The number of alkyl halides is 1. The van der Waals surface area contributed by atoms with Crippen LogP contribution in [0.15, 0.2) is 30.3 Å². The molecule has 102 valence electrons. The minimum absolute atomic E-state index is 0.344. The van der Waals surface area contributed by atoms with Crippen LogP contribution in [0, 0.1) is 17.8 Å². The lowest BCUT2D eigenvalue weighted by atomic mass is 10.1. The lowest BCUT2D eigenvalue weighted by molar-refractivity contribution is -0.133. The molecule has 3 heteroatoms. The fourth-order valence-corrected chi connectivity index (χ4v) is 4.00. The Kier molecular flexibility index (Phi) is 3.92. The summed E-state index contributed by atoms with van der Waals surface area (Å²) in [5.41, 5.74) is 1.22. The van der Waals surface area contributed by atoms with Crippen molar-refractivity contribution in [2.45, 2.75) is 25.8 Å². The van der Waals surface area contributed by atoms with Crippen LogP contribution in [0.25, 0.3) is 0 Å². The van der Waals surface area contributed by atoms with Gasteiger partial charge in [0.15, 0.2) is 0 Å². The van der Waals surface area contributed by atoms with E-state index in [9.17, 15) is 4.79 Å². The topological polar surface area (TPSA) is 20.3 Å². The number of benzene rings is 1. The van der Waals surface area contributed by atoms with Gasteiger partial charge in [0, 0.05) is 24.3 Å². The number of hydrogen-bond donors (Lipinski definition) is 0. The first-order valence-electron chi connectivity index (χ1n) is 7.20. The second-order valence-corrected chi connectivity index (χ2v) is 6.51. The van der Waals surface area contributed by atoms with Crippen molar-refractivity contribution in [3.8, 4) is 0 Å². The monoisotopic (exact) mass is 321 g/mol. The zero-order chi connectivity index (χ0) is 13.2. The van der Waals surface area contributed by atoms with Gasteiger partial charge in [0.05, 0.1) is 0 Å². The summed E-state index contributed by atoms with van der Waals surface area (Å²) >= 11 is 3.47. The molecule has 2 nitrogen and oxygen atoms in total. The Balaban J connectivity index is 1.65. The van der Waals surface area contributed by atoms with Crippen LogP contribution in [-0.2, 0) is 11.3 Å². The first-order valence-corrected chi connectivity index (χ1v) is 8.32. The molecule has 2 fully saturated rings. The number of nitrogens with zero attached hydrogens (tertiary/aromatic N) is 1. The molecule has 1 amide bonds. The van der Waals surface area contributed by atoms with Gasteiger partial charge in [0.1, 0.15) is 0 Å². The van der Waals surface area contributed by atoms with Crippen LogP contribution in [0.5, 0.6) is 0 Å². The van der Waals surface area contributed by atoms with Crippen LogP contribution in [0.2, 0.25) is 0 Å². The van der Waals surface area contributed by atoms with E-state index in [1.54, 1.807) is 0 Å². The van der Waals surface area contributed by atoms with Crippen molar-refractivity contribution < 1.29 is 4.79 Å². The normalized spacial score (nSPS) is 27.9. The fraction of sp³-hybridized carbons (Fsp3) is 0.562. The van der Waals surface area contributed by atoms with E-state index >= 15 is 0 Å². The molecule has 1 aromatic rings. The molecular formula is C16H20BrNO. The highest BCUT2D eigenvalue weighted by Crippen LogP contribution is 2.58. The van der Waals surface area contributed by atoms with Gasteiger partial charge >= 0.3 is 0 Å². The standard InChI is InChI=1S/C16H20BrNO/c17-9-10-18(11-12-5-2-1-3-6-12)16(19)15-13-7-4-8-14(13)15/h1-3,5-6,13-15H,4,7-11H2. The van der Waals surface area contributed by atoms with Crippen LogP contribution < -0.4 is 0 Å². The summed E-state index contributed by atoms with van der Waals surface area (Å²) < 4.78 is 0. The van der Waals surface area contributed by atoms with E-state index in [1.807, 2.05) is 23.1 Å². The molecule has 0 aliphatic heterocycles. The maximum absolute atomic E-state index is 12.6. The number of carbonyl (C=O) groups excluding carboxylic acids is 1. The van der Waals surface area contributed by atoms with Gasteiger partial charge in [-0.25, -0.2) is 0 Å². The van der Waals surface area contributed by atoms with Crippen molar-refractivity contribution in [3.63, 3.8) is 0 Å². The Bertz CT molecular complexity index is 437. The van der Waals surface area contributed by atoms with E-state index in [4.69, 9.17) is 0 Å². The molecular weight excluding hydrogens is 302 g/mol. The Morgan fingerprint density at radius 2 is 1.89 bits per heavy atom. The number of rotatable bonds is 5. The SMILES string of the molecule is O=C(C1C2CCCC21)N(CCBr)Cc1ccccc1. The van der Waals surface area contributed by atoms with Gasteiger partial charge < -0.3 is 4.90 Å². The molecule has 0 spiro atoms. The van der Waals surface area contributed by atoms with E-state index in [-0.39, 0.29) is 0 Å². The minimum atomic E-state index is 0.344. The smallest absolute Gasteiger partial charge is 0.226 e. The number of fused-ring (bicyclic) bond motifs is 1. The summed E-state index contributed by atoms with van der Waals surface area (Å²) in [4.78, 5) is 14.7. The molecule has 2 atom stereocenters. The third kappa shape index (κ3) is 2.71. The minimum Gasteiger partial charge on any atom is -0.337 e. The van der Waals surface area contributed by atoms with Gasteiger partial charge in [-0.1, -0.05) is 52.7 Å². The van der Waals surface area contributed by atoms with Crippen molar-refractivity contribution in [2.75, 3.05) is 11.9 Å². The molecule has 3 rings (SSSR count). The van der Waals surface area contributed by atoms with E-state index in [0.29, 0.717) is 23.7 Å². The van der Waals surface area contributed by atoms with Crippen LogP contribution in [0.1, 0.15) is 24.8 Å². The quantitative estimate of drug-likeness (QED) is 0.760. The second-order valence-electron chi connectivity index (χ2n) is 5.72. The van der Waals surface area contributed by atoms with Crippen molar-refractivity contribution in [1.82, 2.24) is 4.90 Å². The van der Waals surface area contributed by atoms with Crippen LogP contribution in [-0.4, -0.2) is 22.7 Å². The number of hydrogen-bond acceptors (Lipinski definition) is 1. The van der Waals surface area contributed by atoms with Gasteiger partial charge in [0.2, 0.25) is 5.91 Å². The molecule has 2 saturated carbocycles. The van der Waals surface area contributed by atoms with E-state index in [1.165, 1.54) is 24.8 Å². The van der Waals surface area contributed by atoms with Gasteiger partial charge in [-0.2, -0.15) is 0 Å². The van der Waals surface area contributed by atoms with Crippen molar-refractivity contribution in [2.24, 2.45) is 17.8 Å². The van der Waals surface area contributed by atoms with Crippen LogP contribution in [0.3, 0.4) is 0 Å². The van der Waals surface area contributed by atoms with Gasteiger partial charge in [-0.3, -0.25) is 4.79 Å². The van der Waals surface area contributed by atoms with Gasteiger partial charge in [-0.15, -0.1) is 0 Å². The van der Waals surface area contributed by atoms with Gasteiger partial charge in [0.25, 0.3) is 0 Å². The largest absolute Gasteiger partial charge is 0.337 e. The lowest BCUT2D eigenvalue weighted by Gasteiger charge is -2.23. The average molecular weight is 322 g/mol. The molecule has 2 aliphatic rings. The molecule has 0 N–H and O–H groups in total. The summed E-state index contributed by atoms with van der Waals surface area (Å²) in [6.07, 6.45) is 3.87. The summed E-state index contributed by atoms with van der Waals surface area (Å²) in [5, 5.41) is 0.855. The zero-order valence-corrected chi connectivity index (χ0v) is 12.7. The molecule has 0 aromatic heterocycles. The lowest BCUT2D eigenvalue weighted by Crippen LogP contribution is -2.34. The summed E-state index contributed by atoms with van der Waals surface area (Å²) in [7, 11) is 0. The van der Waals surface area contributed by atoms with E-state index < -0.39 is 0 Å². The molecule has 0 radical (unpaired) electrons. The molecule has 0 saturated heterocycles. The first kappa shape index (κ1) is 13.2. The third-order valence-corrected chi connectivity index (χ3v) is 4.93. The maximum atomic E-state index is 12.6. The van der Waals surface area contributed by atoms with Gasteiger partial charge in [-0.05, 0) is 30.2 Å².